The van der Waals surface area contributed by atoms with E-state index in [0.717, 1.165) is 16.9 Å². The van der Waals surface area contributed by atoms with Crippen LogP contribution in [0.25, 0.3) is 5.69 Å². The number of aryl methyl sites for hydroxylation is 1. The second kappa shape index (κ2) is 7.82. The van der Waals surface area contributed by atoms with Crippen molar-refractivity contribution < 1.29 is 13.9 Å². The topological polar surface area (TPSA) is 56.1 Å². The third kappa shape index (κ3) is 4.08. The van der Waals surface area contributed by atoms with Gasteiger partial charge in [-0.1, -0.05) is 12.1 Å². The van der Waals surface area contributed by atoms with E-state index in [1.807, 2.05) is 29.8 Å². The van der Waals surface area contributed by atoms with Crippen molar-refractivity contribution >= 4 is 5.91 Å². The molecule has 0 atom stereocenters. The average molecular weight is 353 g/mol. The summed E-state index contributed by atoms with van der Waals surface area (Å²) in [6.45, 7) is 2.33. The number of amides is 1. The monoisotopic (exact) mass is 353 g/mol. The van der Waals surface area contributed by atoms with Crippen LogP contribution in [0.3, 0.4) is 0 Å². The second-order valence-electron chi connectivity index (χ2n) is 5.94. The minimum atomic E-state index is -0.274. The molecular weight excluding hydrogens is 333 g/mol. The Labute approximate surface area is 151 Å². The maximum Gasteiger partial charge on any atom is 0.251 e. The van der Waals surface area contributed by atoms with Crippen LogP contribution in [0.4, 0.5) is 4.39 Å². The molecule has 6 heteroatoms. The highest BCUT2D eigenvalue weighted by atomic mass is 19.1. The molecule has 0 aliphatic heterocycles. The van der Waals surface area contributed by atoms with Crippen LogP contribution in [0.1, 0.15) is 21.6 Å². The van der Waals surface area contributed by atoms with Crippen LogP contribution in [0.5, 0.6) is 5.75 Å². The number of halogens is 1. The standard InChI is InChI=1S/C20H20FN3O2/c1-14-12-24(13-23-14)18-7-6-16(11-19(18)26-2)20(25)22-9-8-15-4-3-5-17(21)10-15/h3-7,10-13H,8-9H2,1-2H3,(H,22,25). The number of methoxy groups -OCH3 is 1. The number of nitrogens with zero attached hydrogens (tertiary/aromatic N) is 2. The minimum Gasteiger partial charge on any atom is -0.495 e. The SMILES string of the molecule is COc1cc(C(=O)NCCc2cccc(F)c2)ccc1-n1cnc(C)c1. The number of hydrogen-bond acceptors (Lipinski definition) is 3. The van der Waals surface area contributed by atoms with Gasteiger partial charge in [0.05, 0.1) is 24.8 Å². The van der Waals surface area contributed by atoms with Crippen molar-refractivity contribution in [2.75, 3.05) is 13.7 Å². The molecule has 134 valence electrons. The zero-order chi connectivity index (χ0) is 18.5. The summed E-state index contributed by atoms with van der Waals surface area (Å²) in [4.78, 5) is 16.6. The van der Waals surface area contributed by atoms with Gasteiger partial charge in [0.2, 0.25) is 0 Å². The summed E-state index contributed by atoms with van der Waals surface area (Å²) in [6, 6.07) is 11.6. The fraction of sp³-hybridized carbons (Fsp3) is 0.200. The number of nitrogens with one attached hydrogen (secondary N) is 1. The minimum absolute atomic E-state index is 0.201. The van der Waals surface area contributed by atoms with E-state index in [4.69, 9.17) is 4.74 Å². The Morgan fingerprint density at radius 2 is 2.12 bits per heavy atom. The molecule has 0 aliphatic carbocycles. The number of carbonyl (C=O) groups excluding carboxylic acids is 1. The predicted molar refractivity (Wildman–Crippen MR) is 97.3 cm³/mol. The van der Waals surface area contributed by atoms with E-state index in [-0.39, 0.29) is 11.7 Å². The Morgan fingerprint density at radius 3 is 2.81 bits per heavy atom. The third-order valence-electron chi connectivity index (χ3n) is 4.02. The molecule has 1 amide bonds. The molecule has 1 aromatic heterocycles. The maximum absolute atomic E-state index is 13.2. The lowest BCUT2D eigenvalue weighted by Crippen LogP contribution is -2.25. The number of hydrogen-bond donors (Lipinski definition) is 1. The van der Waals surface area contributed by atoms with Crippen molar-refractivity contribution in [3.63, 3.8) is 0 Å². The van der Waals surface area contributed by atoms with Crippen LogP contribution in [0, 0.1) is 12.7 Å². The molecule has 2 aromatic carbocycles. The largest absolute Gasteiger partial charge is 0.495 e. The van der Waals surface area contributed by atoms with Gasteiger partial charge < -0.3 is 14.6 Å². The van der Waals surface area contributed by atoms with E-state index in [2.05, 4.69) is 10.3 Å². The van der Waals surface area contributed by atoms with Crippen LogP contribution >= 0.6 is 0 Å². The van der Waals surface area contributed by atoms with Gasteiger partial charge in [0.25, 0.3) is 5.91 Å². The zero-order valence-corrected chi connectivity index (χ0v) is 14.7. The molecule has 3 rings (SSSR count). The van der Waals surface area contributed by atoms with E-state index in [1.54, 1.807) is 31.6 Å². The molecule has 0 aliphatic rings. The second-order valence-corrected chi connectivity index (χ2v) is 5.94. The first-order chi connectivity index (χ1) is 12.6. The number of benzene rings is 2. The molecule has 0 bridgehead atoms. The third-order valence-corrected chi connectivity index (χ3v) is 4.02. The molecule has 0 saturated carbocycles. The Morgan fingerprint density at radius 1 is 1.27 bits per heavy atom. The lowest BCUT2D eigenvalue weighted by molar-refractivity contribution is 0.0954. The fourth-order valence-corrected chi connectivity index (χ4v) is 2.70. The van der Waals surface area contributed by atoms with Crippen molar-refractivity contribution in [1.29, 1.82) is 0 Å². The lowest BCUT2D eigenvalue weighted by atomic mass is 10.1. The molecule has 0 saturated heterocycles. The molecular formula is C20H20FN3O2. The summed E-state index contributed by atoms with van der Waals surface area (Å²) >= 11 is 0. The first kappa shape index (κ1) is 17.7. The Hall–Kier alpha value is -3.15. The van der Waals surface area contributed by atoms with Crippen LogP contribution < -0.4 is 10.1 Å². The molecule has 1 heterocycles. The Balaban J connectivity index is 1.67. The van der Waals surface area contributed by atoms with Crippen molar-refractivity contribution in [2.24, 2.45) is 0 Å². The number of rotatable bonds is 6. The highest BCUT2D eigenvalue weighted by molar-refractivity contribution is 5.95. The molecule has 5 nitrogen and oxygen atoms in total. The van der Waals surface area contributed by atoms with Gasteiger partial charge in [0.15, 0.2) is 0 Å². The predicted octanol–water partition coefficient (Wildman–Crippen LogP) is 3.30. The molecule has 0 spiro atoms. The van der Waals surface area contributed by atoms with Gasteiger partial charge >= 0.3 is 0 Å². The van der Waals surface area contributed by atoms with Crippen LogP contribution in [-0.2, 0) is 6.42 Å². The van der Waals surface area contributed by atoms with Crippen molar-refractivity contribution in [3.8, 4) is 11.4 Å². The number of aromatic nitrogens is 2. The summed E-state index contributed by atoms with van der Waals surface area (Å²) in [5.74, 6) is 0.108. The van der Waals surface area contributed by atoms with Crippen LogP contribution in [0.2, 0.25) is 0 Å². The Kier molecular flexibility index (Phi) is 5.31. The highest BCUT2D eigenvalue weighted by Crippen LogP contribution is 2.24. The number of imidazole rings is 1. The molecule has 0 radical (unpaired) electrons. The van der Waals surface area contributed by atoms with Crippen molar-refractivity contribution in [2.45, 2.75) is 13.3 Å². The van der Waals surface area contributed by atoms with Gasteiger partial charge in [0, 0.05) is 18.3 Å². The first-order valence-corrected chi connectivity index (χ1v) is 8.28. The van der Waals surface area contributed by atoms with E-state index in [9.17, 15) is 9.18 Å². The summed E-state index contributed by atoms with van der Waals surface area (Å²) < 4.78 is 20.4. The number of carbonyl (C=O) groups is 1. The molecule has 26 heavy (non-hydrogen) atoms. The highest BCUT2D eigenvalue weighted by Gasteiger charge is 2.11. The lowest BCUT2D eigenvalue weighted by Gasteiger charge is -2.11. The van der Waals surface area contributed by atoms with Gasteiger partial charge in [-0.3, -0.25) is 4.79 Å². The van der Waals surface area contributed by atoms with Crippen molar-refractivity contribution in [1.82, 2.24) is 14.9 Å². The fourth-order valence-electron chi connectivity index (χ4n) is 2.70. The normalized spacial score (nSPS) is 10.6. The quantitative estimate of drug-likeness (QED) is 0.740. The van der Waals surface area contributed by atoms with Crippen molar-refractivity contribution in [3.05, 3.63) is 77.6 Å². The van der Waals surface area contributed by atoms with Gasteiger partial charge in [-0.2, -0.15) is 0 Å². The van der Waals surface area contributed by atoms with E-state index in [1.165, 1.54) is 12.1 Å². The van der Waals surface area contributed by atoms with Gasteiger partial charge in [-0.05, 0) is 49.2 Å². The smallest absolute Gasteiger partial charge is 0.251 e. The van der Waals surface area contributed by atoms with Crippen LogP contribution in [-0.4, -0.2) is 29.1 Å². The molecule has 3 aromatic rings. The van der Waals surface area contributed by atoms with E-state index in [0.29, 0.717) is 24.3 Å². The van der Waals surface area contributed by atoms with Gasteiger partial charge in [0.1, 0.15) is 11.6 Å². The first-order valence-electron chi connectivity index (χ1n) is 8.28. The van der Waals surface area contributed by atoms with E-state index >= 15 is 0 Å². The molecule has 0 fully saturated rings. The average Bonchev–Trinajstić information content (AvgIpc) is 3.07. The summed E-state index contributed by atoms with van der Waals surface area (Å²) in [6.07, 6.45) is 4.15. The van der Waals surface area contributed by atoms with E-state index < -0.39 is 0 Å². The summed E-state index contributed by atoms with van der Waals surface area (Å²) in [5, 5.41) is 2.85. The maximum atomic E-state index is 13.2. The Bertz CT molecular complexity index is 921. The van der Waals surface area contributed by atoms with Gasteiger partial charge in [-0.25, -0.2) is 9.37 Å². The van der Waals surface area contributed by atoms with Gasteiger partial charge in [-0.15, -0.1) is 0 Å². The van der Waals surface area contributed by atoms with Crippen LogP contribution in [0.15, 0.2) is 55.0 Å². The molecule has 0 unspecified atom stereocenters. The zero-order valence-electron chi connectivity index (χ0n) is 14.7. The summed E-state index contributed by atoms with van der Waals surface area (Å²) in [7, 11) is 1.56. The summed E-state index contributed by atoms with van der Waals surface area (Å²) in [5.41, 5.74) is 3.05. The molecule has 1 N–H and O–H groups in total. The number of ether oxygens (including phenoxy) is 1.